The molecular formula is C13H14O6S2. The van der Waals surface area contributed by atoms with Crippen LogP contribution in [0.2, 0.25) is 0 Å². The van der Waals surface area contributed by atoms with Gasteiger partial charge in [-0.1, -0.05) is 17.7 Å². The van der Waals surface area contributed by atoms with Crippen LogP contribution in [-0.2, 0) is 20.2 Å². The Kier molecular flexibility index (Phi) is 3.61. The van der Waals surface area contributed by atoms with Gasteiger partial charge in [0.15, 0.2) is 0 Å². The SMILES string of the molecule is Cc1cc(C)c2c(S(=O)(=O)O)cc(S(=O)(=O)O)c-2c(C)c1. The maximum atomic E-state index is 11.5. The molecule has 0 heterocycles. The molecule has 0 aromatic carbocycles. The van der Waals surface area contributed by atoms with Crippen LogP contribution >= 0.6 is 0 Å². The van der Waals surface area contributed by atoms with E-state index in [1.807, 2.05) is 0 Å². The second-order valence-electron chi connectivity index (χ2n) is 4.97. The predicted molar refractivity (Wildman–Crippen MR) is 76.9 cm³/mol. The van der Waals surface area contributed by atoms with Crippen LogP contribution in [0.1, 0.15) is 16.7 Å². The molecule has 0 unspecified atom stereocenters. The van der Waals surface area contributed by atoms with Crippen molar-refractivity contribution in [1.29, 1.82) is 0 Å². The molecule has 0 amide bonds. The van der Waals surface area contributed by atoms with Crippen LogP contribution in [0, 0.1) is 20.8 Å². The molecule has 2 rings (SSSR count). The standard InChI is InChI=1S/C13H14O6S2/c1-7-4-8(2)12-10(20(14,15)16)6-11(21(17,18)19)13(12)9(3)5-7/h4-6H,1-3H3,(H,14,15,16)(H,17,18,19). The van der Waals surface area contributed by atoms with E-state index in [1.165, 1.54) is 0 Å². The highest BCUT2D eigenvalue weighted by Crippen LogP contribution is 2.41. The van der Waals surface area contributed by atoms with Crippen LogP contribution in [0.5, 0.6) is 0 Å². The molecule has 0 radical (unpaired) electrons. The maximum absolute atomic E-state index is 11.5. The Morgan fingerprint density at radius 3 is 1.33 bits per heavy atom. The molecule has 21 heavy (non-hydrogen) atoms. The molecule has 0 saturated carbocycles. The van der Waals surface area contributed by atoms with Crippen LogP contribution in [0.25, 0.3) is 11.1 Å². The first-order valence-electron chi connectivity index (χ1n) is 5.92. The molecule has 0 aromatic heterocycles. The van der Waals surface area contributed by atoms with Gasteiger partial charge in [0.2, 0.25) is 0 Å². The molecule has 6 nitrogen and oxygen atoms in total. The minimum atomic E-state index is -4.63. The number of hydrogen-bond acceptors (Lipinski definition) is 4. The van der Waals surface area contributed by atoms with Gasteiger partial charge in [0.05, 0.1) is 0 Å². The molecule has 2 aliphatic carbocycles. The molecule has 0 aliphatic heterocycles. The Morgan fingerprint density at radius 1 is 0.714 bits per heavy atom. The lowest BCUT2D eigenvalue weighted by molar-refractivity contribution is 0.483. The summed E-state index contributed by atoms with van der Waals surface area (Å²) in [6.45, 7) is 4.99. The summed E-state index contributed by atoms with van der Waals surface area (Å²) in [7, 11) is -9.25. The summed E-state index contributed by atoms with van der Waals surface area (Å²) in [6, 6.07) is 4.14. The average molecular weight is 330 g/mol. The fourth-order valence-electron chi connectivity index (χ4n) is 2.57. The summed E-state index contributed by atoms with van der Waals surface area (Å²) < 4.78 is 64.7. The summed E-state index contributed by atoms with van der Waals surface area (Å²) in [6.07, 6.45) is 0. The van der Waals surface area contributed by atoms with E-state index >= 15 is 0 Å². The van der Waals surface area contributed by atoms with E-state index in [0.29, 0.717) is 11.1 Å². The number of fused-ring (bicyclic) bond motifs is 1. The fourth-order valence-corrected chi connectivity index (χ4v) is 4.22. The summed E-state index contributed by atoms with van der Waals surface area (Å²) in [5.74, 6) is 0. The third kappa shape index (κ3) is 2.80. The topological polar surface area (TPSA) is 109 Å². The quantitative estimate of drug-likeness (QED) is 0.817. The van der Waals surface area contributed by atoms with Crippen molar-refractivity contribution in [3.05, 3.63) is 34.9 Å². The lowest BCUT2D eigenvalue weighted by Gasteiger charge is -2.05. The third-order valence-electron chi connectivity index (χ3n) is 3.24. The second kappa shape index (κ2) is 4.77. The Balaban J connectivity index is 3.15. The van der Waals surface area contributed by atoms with Gasteiger partial charge in [0.1, 0.15) is 9.79 Å². The maximum Gasteiger partial charge on any atom is 0.295 e. The third-order valence-corrected chi connectivity index (χ3v) is 4.99. The Labute approximate surface area is 123 Å². The molecular weight excluding hydrogens is 316 g/mol. The van der Waals surface area contributed by atoms with Gasteiger partial charge in [-0.3, -0.25) is 9.11 Å². The normalized spacial score (nSPS) is 12.8. The van der Waals surface area contributed by atoms with Crippen LogP contribution in [0.3, 0.4) is 0 Å². The Hall–Kier alpha value is -1.48. The van der Waals surface area contributed by atoms with Crippen molar-refractivity contribution in [2.24, 2.45) is 0 Å². The molecule has 2 N–H and O–H groups in total. The molecule has 0 saturated heterocycles. The lowest BCUT2D eigenvalue weighted by atomic mass is 10.1. The molecule has 0 spiro atoms. The monoisotopic (exact) mass is 330 g/mol. The zero-order valence-electron chi connectivity index (χ0n) is 11.6. The van der Waals surface area contributed by atoms with Crippen molar-refractivity contribution < 1.29 is 25.9 Å². The van der Waals surface area contributed by atoms with E-state index in [1.54, 1.807) is 32.9 Å². The zero-order chi connectivity index (χ0) is 16.2. The molecule has 114 valence electrons. The van der Waals surface area contributed by atoms with E-state index in [9.17, 15) is 25.9 Å². The van der Waals surface area contributed by atoms with Crippen molar-refractivity contribution in [3.63, 3.8) is 0 Å². The van der Waals surface area contributed by atoms with Gasteiger partial charge in [-0.05, 0) is 38.0 Å². The van der Waals surface area contributed by atoms with Crippen molar-refractivity contribution in [2.45, 2.75) is 30.6 Å². The molecule has 0 atom stereocenters. The van der Waals surface area contributed by atoms with Crippen molar-refractivity contribution in [2.75, 3.05) is 0 Å². The number of rotatable bonds is 2. The van der Waals surface area contributed by atoms with Gasteiger partial charge in [0.25, 0.3) is 20.2 Å². The fraction of sp³-hybridized carbons (Fsp3) is 0.231. The van der Waals surface area contributed by atoms with E-state index in [4.69, 9.17) is 0 Å². The van der Waals surface area contributed by atoms with Crippen molar-refractivity contribution in [3.8, 4) is 11.1 Å². The van der Waals surface area contributed by atoms with Gasteiger partial charge >= 0.3 is 0 Å². The first-order chi connectivity index (χ1) is 9.43. The molecule has 8 heteroatoms. The lowest BCUT2D eigenvalue weighted by Crippen LogP contribution is -1.98. The smallest absolute Gasteiger partial charge is 0.282 e. The highest BCUT2D eigenvalue weighted by Gasteiger charge is 2.31. The summed E-state index contributed by atoms with van der Waals surface area (Å²) in [5, 5.41) is 0. The Morgan fingerprint density at radius 2 is 1.05 bits per heavy atom. The van der Waals surface area contributed by atoms with Crippen molar-refractivity contribution in [1.82, 2.24) is 0 Å². The van der Waals surface area contributed by atoms with Gasteiger partial charge < -0.3 is 0 Å². The molecule has 0 aromatic rings. The van der Waals surface area contributed by atoms with Gasteiger partial charge in [-0.25, -0.2) is 0 Å². The summed E-state index contributed by atoms with van der Waals surface area (Å²) in [4.78, 5) is -1.05. The molecule has 2 aliphatic rings. The average Bonchev–Trinajstić information content (AvgIpc) is 2.62. The molecule has 0 bridgehead atoms. The zero-order valence-corrected chi connectivity index (χ0v) is 13.2. The van der Waals surface area contributed by atoms with Gasteiger partial charge in [-0.2, -0.15) is 16.8 Å². The highest BCUT2D eigenvalue weighted by molar-refractivity contribution is 7.87. The highest BCUT2D eigenvalue weighted by atomic mass is 32.2. The number of hydrogen-bond donors (Lipinski definition) is 2. The summed E-state index contributed by atoms with van der Waals surface area (Å²) in [5.41, 5.74) is 1.95. The van der Waals surface area contributed by atoms with Crippen LogP contribution in [0.4, 0.5) is 0 Å². The predicted octanol–water partition coefficient (Wildman–Crippen LogP) is 2.21. The summed E-state index contributed by atoms with van der Waals surface area (Å²) >= 11 is 0. The first kappa shape index (κ1) is 15.9. The minimum Gasteiger partial charge on any atom is -0.282 e. The number of aryl methyl sites for hydroxylation is 3. The van der Waals surface area contributed by atoms with E-state index in [0.717, 1.165) is 11.6 Å². The van der Waals surface area contributed by atoms with Crippen LogP contribution in [0.15, 0.2) is 28.0 Å². The van der Waals surface area contributed by atoms with E-state index < -0.39 is 30.0 Å². The van der Waals surface area contributed by atoms with E-state index in [2.05, 4.69) is 0 Å². The minimum absolute atomic E-state index is 0.0933. The van der Waals surface area contributed by atoms with Crippen LogP contribution in [-0.4, -0.2) is 25.9 Å². The van der Waals surface area contributed by atoms with E-state index in [-0.39, 0.29) is 11.1 Å². The van der Waals surface area contributed by atoms with Gasteiger partial charge in [0, 0.05) is 11.1 Å². The largest absolute Gasteiger partial charge is 0.295 e. The first-order valence-corrected chi connectivity index (χ1v) is 8.80. The van der Waals surface area contributed by atoms with Crippen molar-refractivity contribution >= 4 is 20.2 Å². The second-order valence-corrected chi connectivity index (χ2v) is 7.75. The Bertz CT molecular complexity index is 838. The molecule has 0 fully saturated rings. The van der Waals surface area contributed by atoms with Gasteiger partial charge in [-0.15, -0.1) is 0 Å². The van der Waals surface area contributed by atoms with Crippen LogP contribution < -0.4 is 0 Å².